The van der Waals surface area contributed by atoms with Crippen molar-refractivity contribution in [2.45, 2.75) is 57.7 Å². The second-order valence-corrected chi connectivity index (χ2v) is 10.2. The summed E-state index contributed by atoms with van der Waals surface area (Å²) in [6, 6.07) is 9.74. The lowest BCUT2D eigenvalue weighted by Crippen LogP contribution is -2.46. The fourth-order valence-electron chi connectivity index (χ4n) is 6.28. The summed E-state index contributed by atoms with van der Waals surface area (Å²) in [6.45, 7) is 9.68. The van der Waals surface area contributed by atoms with E-state index in [2.05, 4.69) is 18.4 Å². The maximum absolute atomic E-state index is 12.8. The molecule has 1 aliphatic heterocycles. The van der Waals surface area contributed by atoms with E-state index >= 15 is 0 Å². The Morgan fingerprint density at radius 2 is 2.07 bits per heavy atom. The zero-order valence-electron chi connectivity index (χ0n) is 18.1. The largest absolute Gasteiger partial charge is 0.462 e. The van der Waals surface area contributed by atoms with Crippen molar-refractivity contribution in [3.8, 4) is 0 Å². The van der Waals surface area contributed by atoms with E-state index in [1.54, 1.807) is 0 Å². The Morgan fingerprint density at radius 1 is 1.34 bits per heavy atom. The summed E-state index contributed by atoms with van der Waals surface area (Å²) < 4.78 is 5.89. The molecule has 158 valence electrons. The van der Waals surface area contributed by atoms with Crippen LogP contribution in [0.25, 0.3) is 0 Å². The Kier molecular flexibility index (Phi) is 5.37. The zero-order valence-corrected chi connectivity index (χ0v) is 18.1. The molecule has 0 radical (unpaired) electrons. The topological polar surface area (TPSA) is 49.8 Å². The lowest BCUT2D eigenvalue weighted by atomic mass is 9.55. The first kappa shape index (κ1) is 20.6. The molecule has 3 aliphatic rings. The van der Waals surface area contributed by atoms with Gasteiger partial charge in [0.1, 0.15) is 6.10 Å². The van der Waals surface area contributed by atoms with E-state index in [1.807, 2.05) is 44.3 Å². The molecule has 1 aromatic rings. The minimum atomic E-state index is -0.958. The van der Waals surface area contributed by atoms with Gasteiger partial charge in [0, 0.05) is 19.0 Å². The van der Waals surface area contributed by atoms with E-state index in [1.165, 1.54) is 18.4 Å². The van der Waals surface area contributed by atoms with Gasteiger partial charge in [-0.2, -0.15) is 0 Å². The number of carbonyl (C=O) groups excluding carboxylic acids is 1. The van der Waals surface area contributed by atoms with Crippen LogP contribution in [0.3, 0.4) is 0 Å². The van der Waals surface area contributed by atoms with Crippen molar-refractivity contribution in [2.24, 2.45) is 23.2 Å². The van der Waals surface area contributed by atoms with Gasteiger partial charge in [0.2, 0.25) is 0 Å². The van der Waals surface area contributed by atoms with Crippen LogP contribution in [0.2, 0.25) is 0 Å². The highest BCUT2D eigenvalue weighted by Gasteiger charge is 2.55. The van der Waals surface area contributed by atoms with Gasteiger partial charge in [-0.1, -0.05) is 49.4 Å². The van der Waals surface area contributed by atoms with E-state index in [9.17, 15) is 9.90 Å². The van der Waals surface area contributed by atoms with Crippen LogP contribution in [0.1, 0.15) is 51.5 Å². The third-order valence-electron chi connectivity index (χ3n) is 7.80. The number of carbonyl (C=O) groups is 1. The van der Waals surface area contributed by atoms with Crippen LogP contribution in [0.4, 0.5) is 0 Å². The molecule has 1 N–H and O–H groups in total. The summed E-state index contributed by atoms with van der Waals surface area (Å²) in [5.74, 6) is 0.599. The number of hydrogen-bond acceptors (Lipinski definition) is 4. The monoisotopic (exact) mass is 397 g/mol. The molecule has 0 bridgehead atoms. The number of rotatable bonds is 5. The Bertz CT molecular complexity index is 774. The first-order valence-corrected chi connectivity index (χ1v) is 11.0. The first-order valence-electron chi connectivity index (χ1n) is 11.0. The van der Waals surface area contributed by atoms with Crippen LogP contribution < -0.4 is 0 Å². The van der Waals surface area contributed by atoms with Crippen LogP contribution in [-0.4, -0.2) is 42.2 Å². The van der Waals surface area contributed by atoms with Crippen LogP contribution in [0.15, 0.2) is 42.5 Å². The Labute approximate surface area is 174 Å². The average molecular weight is 398 g/mol. The number of aliphatic hydroxyl groups is 1. The van der Waals surface area contributed by atoms with Gasteiger partial charge in [0.05, 0.1) is 11.5 Å². The smallest absolute Gasteiger partial charge is 0.310 e. The molecule has 0 aromatic heterocycles. The van der Waals surface area contributed by atoms with Gasteiger partial charge >= 0.3 is 5.97 Å². The quantitative estimate of drug-likeness (QED) is 0.599. The van der Waals surface area contributed by atoms with Crippen LogP contribution >= 0.6 is 0 Å². The minimum absolute atomic E-state index is 0.0442. The summed E-state index contributed by atoms with van der Waals surface area (Å²) in [5.41, 5.74) is 1.54. The van der Waals surface area contributed by atoms with Crippen molar-refractivity contribution in [3.05, 3.63) is 48.0 Å². The number of likely N-dealkylation sites (N-methyl/N-ethyl adjacent to an activating group) is 1. The molecule has 4 nitrogen and oxygen atoms in total. The molecule has 1 saturated heterocycles. The molecule has 1 heterocycles. The van der Waals surface area contributed by atoms with Gasteiger partial charge in [0.25, 0.3) is 0 Å². The number of hydrogen-bond donors (Lipinski definition) is 1. The maximum atomic E-state index is 12.8. The summed E-state index contributed by atoms with van der Waals surface area (Å²) in [6.07, 6.45) is 5.56. The highest BCUT2D eigenvalue weighted by atomic mass is 16.6. The van der Waals surface area contributed by atoms with Crippen LogP contribution in [-0.2, 0) is 15.1 Å². The van der Waals surface area contributed by atoms with Crippen molar-refractivity contribution in [1.29, 1.82) is 0 Å². The lowest BCUT2D eigenvalue weighted by molar-refractivity contribution is -0.146. The lowest BCUT2D eigenvalue weighted by Gasteiger charge is -2.50. The first-order chi connectivity index (χ1) is 13.7. The van der Waals surface area contributed by atoms with Gasteiger partial charge in [-0.3, -0.25) is 4.79 Å². The van der Waals surface area contributed by atoms with Gasteiger partial charge in [-0.15, -0.1) is 0 Å². The molecule has 2 aliphatic carbocycles. The molecular formula is C25H35NO3. The molecule has 1 aromatic carbocycles. The van der Waals surface area contributed by atoms with Gasteiger partial charge < -0.3 is 14.7 Å². The fraction of sp³-hybridized carbons (Fsp3) is 0.640. The highest BCUT2D eigenvalue weighted by molar-refractivity contribution is 5.75. The summed E-state index contributed by atoms with van der Waals surface area (Å²) in [4.78, 5) is 14.9. The number of allylic oxidation sites excluding steroid dienone is 1. The minimum Gasteiger partial charge on any atom is -0.462 e. The molecule has 4 rings (SSSR count). The number of fused-ring (bicyclic) bond motifs is 2. The summed E-state index contributed by atoms with van der Waals surface area (Å²) >= 11 is 0. The van der Waals surface area contributed by atoms with Crippen molar-refractivity contribution >= 4 is 5.97 Å². The molecule has 6 unspecified atom stereocenters. The van der Waals surface area contributed by atoms with Crippen molar-refractivity contribution < 1.29 is 14.6 Å². The Morgan fingerprint density at radius 3 is 2.79 bits per heavy atom. The third kappa shape index (κ3) is 3.89. The predicted octanol–water partition coefficient (Wildman–Crippen LogP) is 4.14. The van der Waals surface area contributed by atoms with Crippen molar-refractivity contribution in [1.82, 2.24) is 4.90 Å². The Hall–Kier alpha value is -1.65. The molecule has 3 fully saturated rings. The number of nitrogens with zero attached hydrogens (tertiary/aromatic N) is 1. The standard InChI is InChI=1S/C25H35NO3/c1-17-9-8-12-24(2)14-22-19(13-21(17)24)20(23(27)29-22)15-26(4)16-25(3,28)18-10-6-5-7-11-18/h5-7,10-11,19-22,28H,1,8-9,12-16H2,2-4H3. The average Bonchev–Trinajstić information content (AvgIpc) is 2.94. The molecule has 6 atom stereocenters. The van der Waals surface area contributed by atoms with E-state index in [4.69, 9.17) is 4.74 Å². The number of esters is 1. The molecular weight excluding hydrogens is 362 g/mol. The van der Waals surface area contributed by atoms with Gasteiger partial charge in [-0.25, -0.2) is 0 Å². The summed E-state index contributed by atoms with van der Waals surface area (Å²) in [5, 5.41) is 11.0. The number of ether oxygens (including phenoxy) is 1. The normalized spacial score (nSPS) is 36.3. The van der Waals surface area contributed by atoms with Gasteiger partial charge in [0.15, 0.2) is 0 Å². The molecule has 2 saturated carbocycles. The molecule has 0 spiro atoms. The zero-order chi connectivity index (χ0) is 20.8. The van der Waals surface area contributed by atoms with E-state index < -0.39 is 5.60 Å². The second-order valence-electron chi connectivity index (χ2n) is 10.2. The maximum Gasteiger partial charge on any atom is 0.310 e. The summed E-state index contributed by atoms with van der Waals surface area (Å²) in [7, 11) is 1.99. The molecule has 0 amide bonds. The van der Waals surface area contributed by atoms with E-state index in [0.717, 1.165) is 24.8 Å². The fourth-order valence-corrected chi connectivity index (χ4v) is 6.28. The third-order valence-corrected chi connectivity index (χ3v) is 7.80. The van der Waals surface area contributed by atoms with Crippen LogP contribution in [0.5, 0.6) is 0 Å². The number of benzene rings is 1. The molecule has 4 heteroatoms. The van der Waals surface area contributed by atoms with E-state index in [-0.39, 0.29) is 29.3 Å². The second kappa shape index (κ2) is 7.55. The SMILES string of the molecule is C=C1CCCC2(C)CC3OC(=O)C(CN(C)CC(C)(O)c4ccccc4)C3CC12. The predicted molar refractivity (Wildman–Crippen MR) is 114 cm³/mol. The molecule has 29 heavy (non-hydrogen) atoms. The Balaban J connectivity index is 1.45. The van der Waals surface area contributed by atoms with Gasteiger partial charge in [-0.05, 0) is 63.0 Å². The van der Waals surface area contributed by atoms with Crippen LogP contribution in [0, 0.1) is 23.2 Å². The highest BCUT2D eigenvalue weighted by Crippen LogP contribution is 2.56. The van der Waals surface area contributed by atoms with Crippen molar-refractivity contribution in [3.63, 3.8) is 0 Å². The van der Waals surface area contributed by atoms with E-state index in [0.29, 0.717) is 19.0 Å². The van der Waals surface area contributed by atoms with Crippen molar-refractivity contribution in [2.75, 3.05) is 20.1 Å².